The van der Waals surface area contributed by atoms with E-state index in [1.165, 1.54) is 0 Å². The van der Waals surface area contributed by atoms with Crippen molar-refractivity contribution in [2.24, 2.45) is 0 Å². The lowest BCUT2D eigenvalue weighted by molar-refractivity contribution is 0.0706. The predicted molar refractivity (Wildman–Crippen MR) is 101 cm³/mol. The van der Waals surface area contributed by atoms with Gasteiger partial charge in [-0.1, -0.05) is 30.3 Å². The van der Waals surface area contributed by atoms with Crippen molar-refractivity contribution in [1.29, 1.82) is 0 Å². The second-order valence-electron chi connectivity index (χ2n) is 6.83. The molecule has 1 aliphatic heterocycles. The summed E-state index contributed by atoms with van der Waals surface area (Å²) in [6.07, 6.45) is 3.18. The van der Waals surface area contributed by atoms with Gasteiger partial charge in [0.1, 0.15) is 17.3 Å². The van der Waals surface area contributed by atoms with E-state index in [1.54, 1.807) is 19.2 Å². The second-order valence-corrected chi connectivity index (χ2v) is 6.83. The fourth-order valence-electron chi connectivity index (χ4n) is 3.53. The van der Waals surface area contributed by atoms with E-state index in [0.717, 1.165) is 24.1 Å². The van der Waals surface area contributed by atoms with Crippen molar-refractivity contribution < 1.29 is 4.79 Å². The predicted octanol–water partition coefficient (Wildman–Crippen LogP) is 2.49. The largest absolute Gasteiger partial charge is 0.337 e. The molecule has 0 unspecified atom stereocenters. The SMILES string of the molecule is Cc1nc(C2CCN(C(=O)c3cnc(-c4ccccc4)[nH]3)CC2)cc(=O)[nH]1. The van der Waals surface area contributed by atoms with Crippen molar-refractivity contribution >= 4 is 5.91 Å². The van der Waals surface area contributed by atoms with Crippen molar-refractivity contribution in [2.75, 3.05) is 13.1 Å². The molecule has 0 bridgehead atoms. The van der Waals surface area contributed by atoms with Crippen molar-refractivity contribution in [3.8, 4) is 11.4 Å². The maximum atomic E-state index is 12.8. The Morgan fingerprint density at radius 3 is 2.59 bits per heavy atom. The number of aromatic amines is 2. The molecular formula is C20H21N5O2. The number of benzene rings is 1. The molecule has 2 aromatic heterocycles. The van der Waals surface area contributed by atoms with Gasteiger partial charge in [0, 0.05) is 30.6 Å². The number of hydrogen-bond donors (Lipinski definition) is 2. The van der Waals surface area contributed by atoms with E-state index in [1.807, 2.05) is 35.2 Å². The maximum Gasteiger partial charge on any atom is 0.271 e. The third kappa shape index (κ3) is 3.67. The van der Waals surface area contributed by atoms with Crippen LogP contribution < -0.4 is 5.56 Å². The number of likely N-dealkylation sites (tertiary alicyclic amines) is 1. The Kier molecular flexibility index (Phi) is 4.58. The highest BCUT2D eigenvalue weighted by Crippen LogP contribution is 2.27. The zero-order valence-corrected chi connectivity index (χ0v) is 15.1. The summed E-state index contributed by atoms with van der Waals surface area (Å²) < 4.78 is 0. The average molecular weight is 363 g/mol. The molecule has 1 saturated heterocycles. The summed E-state index contributed by atoms with van der Waals surface area (Å²) in [6.45, 7) is 3.06. The van der Waals surface area contributed by atoms with Crippen LogP contribution in [0.3, 0.4) is 0 Å². The summed E-state index contributed by atoms with van der Waals surface area (Å²) in [5.74, 6) is 1.48. The monoisotopic (exact) mass is 363 g/mol. The molecule has 0 radical (unpaired) electrons. The fourth-order valence-corrected chi connectivity index (χ4v) is 3.53. The summed E-state index contributed by atoms with van der Waals surface area (Å²) in [4.78, 5) is 40.8. The molecule has 7 heteroatoms. The summed E-state index contributed by atoms with van der Waals surface area (Å²) in [5, 5.41) is 0. The highest BCUT2D eigenvalue weighted by atomic mass is 16.2. The van der Waals surface area contributed by atoms with Crippen molar-refractivity contribution in [3.63, 3.8) is 0 Å². The maximum absolute atomic E-state index is 12.8. The Balaban J connectivity index is 1.43. The van der Waals surface area contributed by atoms with Gasteiger partial charge in [0.15, 0.2) is 0 Å². The minimum atomic E-state index is -0.123. The van der Waals surface area contributed by atoms with E-state index in [-0.39, 0.29) is 17.4 Å². The number of piperidine rings is 1. The van der Waals surface area contributed by atoms with Crippen LogP contribution in [-0.2, 0) is 0 Å². The number of imidazole rings is 1. The lowest BCUT2D eigenvalue weighted by Crippen LogP contribution is -2.38. The Hall–Kier alpha value is -3.22. The van der Waals surface area contributed by atoms with Gasteiger partial charge >= 0.3 is 0 Å². The Morgan fingerprint density at radius 2 is 1.89 bits per heavy atom. The smallest absolute Gasteiger partial charge is 0.271 e. The number of carbonyl (C=O) groups is 1. The van der Waals surface area contributed by atoms with Crippen molar-refractivity contribution in [1.82, 2.24) is 24.8 Å². The zero-order valence-electron chi connectivity index (χ0n) is 15.1. The number of carbonyl (C=O) groups excluding carboxylic acids is 1. The van der Waals surface area contributed by atoms with Gasteiger partial charge in [0.05, 0.1) is 11.9 Å². The van der Waals surface area contributed by atoms with Crippen LogP contribution >= 0.6 is 0 Å². The van der Waals surface area contributed by atoms with E-state index in [4.69, 9.17) is 0 Å². The number of aromatic nitrogens is 4. The van der Waals surface area contributed by atoms with Gasteiger partial charge in [-0.15, -0.1) is 0 Å². The van der Waals surface area contributed by atoms with Gasteiger partial charge in [0.2, 0.25) is 0 Å². The number of nitrogens with zero attached hydrogens (tertiary/aromatic N) is 3. The van der Waals surface area contributed by atoms with Gasteiger partial charge in [-0.2, -0.15) is 0 Å². The van der Waals surface area contributed by atoms with Crippen LogP contribution in [0, 0.1) is 6.92 Å². The number of rotatable bonds is 3. The minimum absolute atomic E-state index is 0.0434. The number of amides is 1. The molecule has 1 aromatic carbocycles. The fraction of sp³-hybridized carbons (Fsp3) is 0.300. The quantitative estimate of drug-likeness (QED) is 0.747. The zero-order chi connectivity index (χ0) is 18.8. The van der Waals surface area contributed by atoms with Gasteiger partial charge < -0.3 is 14.9 Å². The Bertz CT molecular complexity index is 1000. The molecule has 138 valence electrons. The number of hydrogen-bond acceptors (Lipinski definition) is 4. The molecule has 0 spiro atoms. The van der Waals surface area contributed by atoms with Gasteiger partial charge in [-0.3, -0.25) is 9.59 Å². The summed E-state index contributed by atoms with van der Waals surface area (Å²) >= 11 is 0. The first kappa shape index (κ1) is 17.2. The highest BCUT2D eigenvalue weighted by Gasteiger charge is 2.26. The topological polar surface area (TPSA) is 94.7 Å². The molecule has 1 fully saturated rings. The first-order valence-electron chi connectivity index (χ1n) is 9.08. The van der Waals surface area contributed by atoms with Gasteiger partial charge in [-0.25, -0.2) is 9.97 Å². The van der Waals surface area contributed by atoms with Crippen LogP contribution in [-0.4, -0.2) is 43.8 Å². The summed E-state index contributed by atoms with van der Waals surface area (Å²) in [5.41, 5.74) is 2.14. The second kappa shape index (κ2) is 7.19. The molecule has 3 heterocycles. The molecule has 3 aromatic rings. The Morgan fingerprint density at radius 1 is 1.15 bits per heavy atom. The van der Waals surface area contributed by atoms with E-state index >= 15 is 0 Å². The van der Waals surface area contributed by atoms with Crippen LogP contribution in [0.4, 0.5) is 0 Å². The van der Waals surface area contributed by atoms with Crippen molar-refractivity contribution in [3.05, 3.63) is 70.2 Å². The summed E-state index contributed by atoms with van der Waals surface area (Å²) in [6, 6.07) is 11.3. The van der Waals surface area contributed by atoms with Crippen LogP contribution in [0.1, 0.15) is 40.8 Å². The lowest BCUT2D eigenvalue weighted by Gasteiger charge is -2.31. The number of H-pyrrole nitrogens is 2. The van der Waals surface area contributed by atoms with E-state index < -0.39 is 0 Å². The van der Waals surface area contributed by atoms with Crippen LogP contribution in [0.25, 0.3) is 11.4 Å². The standard InChI is InChI=1S/C20H21N5O2/c1-13-22-16(11-18(26)23-13)14-7-9-25(10-8-14)20(27)17-12-21-19(24-17)15-5-3-2-4-6-15/h2-6,11-12,14H,7-10H2,1H3,(H,21,24)(H,22,23,26). The first-order valence-corrected chi connectivity index (χ1v) is 9.08. The molecule has 27 heavy (non-hydrogen) atoms. The molecule has 0 atom stereocenters. The van der Waals surface area contributed by atoms with E-state index in [2.05, 4.69) is 19.9 Å². The van der Waals surface area contributed by atoms with Crippen LogP contribution in [0.5, 0.6) is 0 Å². The summed E-state index contributed by atoms with van der Waals surface area (Å²) in [7, 11) is 0. The number of nitrogens with one attached hydrogen (secondary N) is 2. The molecule has 7 nitrogen and oxygen atoms in total. The van der Waals surface area contributed by atoms with Gasteiger partial charge in [-0.05, 0) is 19.8 Å². The molecule has 2 N–H and O–H groups in total. The average Bonchev–Trinajstić information content (AvgIpc) is 3.18. The van der Waals surface area contributed by atoms with Gasteiger partial charge in [0.25, 0.3) is 11.5 Å². The molecule has 1 aliphatic rings. The molecule has 1 amide bonds. The minimum Gasteiger partial charge on any atom is -0.337 e. The number of aryl methyl sites for hydroxylation is 1. The van der Waals surface area contributed by atoms with E-state index in [0.29, 0.717) is 30.4 Å². The normalized spacial score (nSPS) is 15.1. The highest BCUT2D eigenvalue weighted by molar-refractivity contribution is 5.92. The van der Waals surface area contributed by atoms with Crippen LogP contribution in [0.15, 0.2) is 47.4 Å². The molecule has 0 aliphatic carbocycles. The van der Waals surface area contributed by atoms with Crippen LogP contribution in [0.2, 0.25) is 0 Å². The molecular weight excluding hydrogens is 342 g/mol. The lowest BCUT2D eigenvalue weighted by atomic mass is 9.93. The third-order valence-electron chi connectivity index (χ3n) is 4.93. The molecule has 4 rings (SSSR count). The molecule has 0 saturated carbocycles. The third-order valence-corrected chi connectivity index (χ3v) is 4.93. The van der Waals surface area contributed by atoms with Crippen molar-refractivity contribution in [2.45, 2.75) is 25.7 Å². The Labute approximate surface area is 156 Å². The van der Waals surface area contributed by atoms with E-state index in [9.17, 15) is 9.59 Å². The first-order chi connectivity index (χ1) is 13.1.